The maximum absolute atomic E-state index is 14.8. The molecule has 0 aromatic heterocycles. The molecule has 2 fully saturated rings. The quantitative estimate of drug-likeness (QED) is 0.343. The lowest BCUT2D eigenvalue weighted by Gasteiger charge is -2.16. The Morgan fingerprint density at radius 3 is 2.89 bits per heavy atom. The van der Waals surface area contributed by atoms with Gasteiger partial charge in [-0.1, -0.05) is 31.9 Å². The van der Waals surface area contributed by atoms with Gasteiger partial charge >= 0.3 is 5.97 Å². The normalized spacial score (nSPS) is 31.1. The van der Waals surface area contributed by atoms with Crippen molar-refractivity contribution in [2.45, 2.75) is 82.8 Å². The van der Waals surface area contributed by atoms with Crippen LogP contribution in [0, 0.1) is 11.8 Å². The first-order valence-electron chi connectivity index (χ1n) is 10.1. The van der Waals surface area contributed by atoms with Gasteiger partial charge in [0, 0.05) is 12.3 Å². The van der Waals surface area contributed by atoms with Crippen LogP contribution in [0.15, 0.2) is 24.0 Å². The average Bonchev–Trinajstić information content (AvgIpc) is 3.21. The van der Waals surface area contributed by atoms with Crippen molar-refractivity contribution < 1.29 is 28.2 Å². The van der Waals surface area contributed by atoms with Gasteiger partial charge in [-0.05, 0) is 44.1 Å². The van der Waals surface area contributed by atoms with Gasteiger partial charge in [0.05, 0.1) is 7.11 Å². The molecule has 0 unspecified atom stereocenters. The molecule has 0 aromatic carbocycles. The summed E-state index contributed by atoms with van der Waals surface area (Å²) >= 11 is 0. The van der Waals surface area contributed by atoms with Crippen molar-refractivity contribution in [3.8, 4) is 0 Å². The summed E-state index contributed by atoms with van der Waals surface area (Å²) < 4.78 is 39.1. The summed E-state index contributed by atoms with van der Waals surface area (Å²) in [5.74, 6) is -0.267. The van der Waals surface area contributed by atoms with Crippen molar-refractivity contribution in [2.24, 2.45) is 11.8 Å². The number of unbranched alkanes of at least 4 members (excludes halogenated alkanes) is 2. The topological polar surface area (TPSA) is 55.8 Å². The number of rotatable bonds is 10. The molecule has 2 aliphatic rings. The van der Waals surface area contributed by atoms with Crippen LogP contribution in [0.3, 0.4) is 0 Å². The molecule has 0 bridgehead atoms. The number of aliphatic hydroxyl groups is 1. The zero-order valence-electron chi connectivity index (χ0n) is 16.3. The second-order valence-electron chi connectivity index (χ2n) is 7.49. The molecule has 0 radical (unpaired) electrons. The number of carbonyl (C=O) groups excluding carboxylic acids is 1. The number of hydrogen-bond donors (Lipinski definition) is 1. The van der Waals surface area contributed by atoms with Gasteiger partial charge in [0.15, 0.2) is 6.17 Å². The summed E-state index contributed by atoms with van der Waals surface area (Å²) in [6, 6.07) is 0. The first-order chi connectivity index (χ1) is 13.0. The van der Waals surface area contributed by atoms with Gasteiger partial charge in [-0.3, -0.25) is 4.79 Å². The lowest BCUT2D eigenvalue weighted by molar-refractivity contribution is -0.140. The van der Waals surface area contributed by atoms with E-state index in [9.17, 15) is 18.7 Å². The molecule has 0 aromatic rings. The third kappa shape index (κ3) is 6.03. The molecule has 1 saturated carbocycles. The Bertz CT molecular complexity index is 534. The SMILES string of the molecule is CCCC[C@@H](F)[C@H](O)C=C[C@H]1CC[C@H]2OC(=CCCCC(=O)OC)[C@@H](F)[C@H]12. The van der Waals surface area contributed by atoms with Crippen molar-refractivity contribution >= 4 is 5.97 Å². The minimum absolute atomic E-state index is 0.0565. The lowest BCUT2D eigenvalue weighted by atomic mass is 9.90. The van der Waals surface area contributed by atoms with E-state index in [-0.39, 0.29) is 23.9 Å². The molecule has 1 aliphatic carbocycles. The van der Waals surface area contributed by atoms with E-state index in [0.29, 0.717) is 31.4 Å². The molecule has 154 valence electrons. The van der Waals surface area contributed by atoms with Crippen molar-refractivity contribution in [1.82, 2.24) is 0 Å². The van der Waals surface area contributed by atoms with E-state index in [4.69, 9.17) is 4.74 Å². The van der Waals surface area contributed by atoms with E-state index in [1.165, 1.54) is 13.2 Å². The highest BCUT2D eigenvalue weighted by molar-refractivity contribution is 5.69. The number of esters is 1. The first-order valence-corrected chi connectivity index (χ1v) is 10.1. The van der Waals surface area contributed by atoms with Gasteiger partial charge in [0.25, 0.3) is 0 Å². The Labute approximate surface area is 160 Å². The van der Waals surface area contributed by atoms with E-state index in [1.807, 2.05) is 6.92 Å². The zero-order valence-corrected chi connectivity index (χ0v) is 16.3. The fraction of sp³-hybridized carbons (Fsp3) is 0.762. The van der Waals surface area contributed by atoms with E-state index in [2.05, 4.69) is 4.74 Å². The van der Waals surface area contributed by atoms with Gasteiger partial charge in [0.1, 0.15) is 24.1 Å². The number of aliphatic hydroxyl groups excluding tert-OH is 1. The second-order valence-corrected chi connectivity index (χ2v) is 7.49. The van der Waals surface area contributed by atoms with Crippen LogP contribution >= 0.6 is 0 Å². The number of hydrogen-bond acceptors (Lipinski definition) is 4. The number of alkyl halides is 2. The molecule has 6 atom stereocenters. The number of ether oxygens (including phenoxy) is 2. The maximum atomic E-state index is 14.8. The van der Waals surface area contributed by atoms with Gasteiger partial charge in [-0.2, -0.15) is 0 Å². The Morgan fingerprint density at radius 1 is 1.41 bits per heavy atom. The Kier molecular flexibility index (Phi) is 8.74. The average molecular weight is 386 g/mol. The standard InChI is InChI=1S/C21H32F2O4/c1-3-4-7-15(22)16(24)12-10-14-11-13-17-20(14)21(23)18(27-17)8-5-6-9-19(25)26-2/h8,10,12,14-17,20-21,24H,3-7,9,11,13H2,1-2H3/t14-,15+,16+,17+,20+,21+/m0/s1. The summed E-state index contributed by atoms with van der Waals surface area (Å²) in [6.45, 7) is 1.98. The van der Waals surface area contributed by atoms with Crippen molar-refractivity contribution in [2.75, 3.05) is 7.11 Å². The Hall–Kier alpha value is -1.43. The molecule has 1 heterocycles. The molecule has 1 N–H and O–H groups in total. The van der Waals surface area contributed by atoms with E-state index < -0.39 is 18.4 Å². The molecular weight excluding hydrogens is 354 g/mol. The monoisotopic (exact) mass is 386 g/mol. The summed E-state index contributed by atoms with van der Waals surface area (Å²) in [6.07, 6.45) is 6.16. The summed E-state index contributed by atoms with van der Waals surface area (Å²) in [7, 11) is 1.35. The summed E-state index contributed by atoms with van der Waals surface area (Å²) in [5, 5.41) is 9.94. The van der Waals surface area contributed by atoms with Crippen LogP contribution < -0.4 is 0 Å². The molecule has 1 saturated heterocycles. The van der Waals surface area contributed by atoms with Crippen molar-refractivity contribution in [1.29, 1.82) is 0 Å². The number of halogens is 2. The van der Waals surface area contributed by atoms with Crippen molar-refractivity contribution in [3.63, 3.8) is 0 Å². The Balaban J connectivity index is 1.86. The number of carbonyl (C=O) groups is 1. The molecule has 2 rings (SSSR count). The fourth-order valence-corrected chi connectivity index (χ4v) is 3.91. The predicted molar refractivity (Wildman–Crippen MR) is 99.5 cm³/mol. The van der Waals surface area contributed by atoms with Crippen molar-refractivity contribution in [3.05, 3.63) is 24.0 Å². The van der Waals surface area contributed by atoms with Gasteiger partial charge < -0.3 is 14.6 Å². The van der Waals surface area contributed by atoms with Gasteiger partial charge in [-0.25, -0.2) is 8.78 Å². The molecule has 0 amide bonds. The third-order valence-corrected chi connectivity index (χ3v) is 5.52. The number of allylic oxidation sites excluding steroid dienone is 3. The van der Waals surface area contributed by atoms with Gasteiger partial charge in [-0.15, -0.1) is 0 Å². The molecule has 6 heteroatoms. The molecule has 4 nitrogen and oxygen atoms in total. The first kappa shape index (κ1) is 21.9. The van der Waals surface area contributed by atoms with Crippen LogP contribution in [0.1, 0.15) is 58.3 Å². The lowest BCUT2D eigenvalue weighted by Crippen LogP contribution is -2.22. The van der Waals surface area contributed by atoms with E-state index >= 15 is 0 Å². The smallest absolute Gasteiger partial charge is 0.305 e. The highest BCUT2D eigenvalue weighted by Crippen LogP contribution is 2.47. The number of methoxy groups -OCH3 is 1. The molecular formula is C21H32F2O4. The molecule has 27 heavy (non-hydrogen) atoms. The van der Waals surface area contributed by atoms with Crippen LogP contribution in [-0.4, -0.2) is 42.7 Å². The van der Waals surface area contributed by atoms with Crippen LogP contribution in [-0.2, 0) is 14.3 Å². The van der Waals surface area contributed by atoms with E-state index in [1.54, 1.807) is 12.2 Å². The second kappa shape index (κ2) is 10.8. The largest absolute Gasteiger partial charge is 0.492 e. The van der Waals surface area contributed by atoms with E-state index in [0.717, 1.165) is 25.7 Å². The minimum Gasteiger partial charge on any atom is -0.492 e. The van der Waals surface area contributed by atoms with Crippen LogP contribution in [0.2, 0.25) is 0 Å². The molecule has 1 aliphatic heterocycles. The summed E-state index contributed by atoms with van der Waals surface area (Å²) in [5.41, 5.74) is 0. The predicted octanol–water partition coefficient (Wildman–Crippen LogP) is 4.42. The fourth-order valence-electron chi connectivity index (χ4n) is 3.91. The summed E-state index contributed by atoms with van der Waals surface area (Å²) in [4.78, 5) is 11.1. The zero-order chi connectivity index (χ0) is 19.8. The van der Waals surface area contributed by atoms with Crippen LogP contribution in [0.25, 0.3) is 0 Å². The molecule has 0 spiro atoms. The van der Waals surface area contributed by atoms with Gasteiger partial charge in [0.2, 0.25) is 0 Å². The number of fused-ring (bicyclic) bond motifs is 1. The van der Waals surface area contributed by atoms with Crippen LogP contribution in [0.5, 0.6) is 0 Å². The van der Waals surface area contributed by atoms with Crippen LogP contribution in [0.4, 0.5) is 8.78 Å². The highest BCUT2D eigenvalue weighted by atomic mass is 19.1. The highest BCUT2D eigenvalue weighted by Gasteiger charge is 2.49. The third-order valence-electron chi connectivity index (χ3n) is 5.52. The maximum Gasteiger partial charge on any atom is 0.305 e. The minimum atomic E-state index is -1.27. The Morgan fingerprint density at radius 2 is 2.19 bits per heavy atom.